The lowest BCUT2D eigenvalue weighted by atomic mass is 9.64. The summed E-state index contributed by atoms with van der Waals surface area (Å²) >= 11 is 0. The fraction of sp³-hybridized carbons (Fsp3) is 0.929. The van der Waals surface area contributed by atoms with Gasteiger partial charge in [-0.25, -0.2) is 0 Å². The summed E-state index contributed by atoms with van der Waals surface area (Å²) in [6.45, 7) is 61.0. The van der Waals surface area contributed by atoms with Gasteiger partial charge in [0.2, 0.25) is 0 Å². The molecular weight excluding hydrogens is 1860 g/mol. The maximum Gasteiger partial charge on any atom is 0.420 e. The van der Waals surface area contributed by atoms with Crippen LogP contribution in [0, 0.1) is 115 Å². The molecule has 2 aliphatic heterocycles. The normalized spacial score (nSPS) is 29.0. The quantitative estimate of drug-likeness (QED) is 0.0258. The predicted molar refractivity (Wildman–Crippen MR) is 544 cm³/mol. The van der Waals surface area contributed by atoms with Gasteiger partial charge in [-0.05, 0) is 359 Å². The SMILES string of the molecule is C.C.C.CCC(C)(C)C(=O)OC(C)(C)C(C)(O)C(F)(F)F.CCC(C)(C)C(=O)OC1CC2CC1C1C(=O)OCC21.CCC(C)(C)C(=O)OC1CCC(C(C)(O)C(F)(F)F)CC1.CCC(C)(C)C(=O)OC1CCC2CC(OC(OC)C(C)C)CCC2C1.CCC(C)(C)C1CC2CC1C1C(=O)OCC21.CCC1(OC(=O)C(C)(C)CC)CCCC1.CCOC(C)OC1CCC(OC(=O)C(C)(C)CC)CC1OC(C)OCC. The molecular formula is C113H202F6O24. The Labute approximate surface area is 859 Å². The Balaban J connectivity index is 0.000000566. The van der Waals surface area contributed by atoms with Crippen molar-refractivity contribution in [2.75, 3.05) is 33.5 Å². The first-order chi connectivity index (χ1) is 64.5. The van der Waals surface area contributed by atoms with Gasteiger partial charge in [-0.2, -0.15) is 26.3 Å². The van der Waals surface area contributed by atoms with Crippen LogP contribution in [0.1, 0.15) is 430 Å². The Kier molecular flexibility index (Phi) is 52.4. The Morgan fingerprint density at radius 3 is 1.19 bits per heavy atom. The molecule has 22 unspecified atom stereocenters. The topological polar surface area (TPSA) is 306 Å². The van der Waals surface area contributed by atoms with Gasteiger partial charge in [0.05, 0.1) is 75.9 Å². The summed E-state index contributed by atoms with van der Waals surface area (Å²) in [6, 6.07) is 0. The van der Waals surface area contributed by atoms with Crippen molar-refractivity contribution in [1.82, 2.24) is 0 Å². The minimum atomic E-state index is -4.88. The molecule has 0 spiro atoms. The number of fused-ring (bicyclic) bond motifs is 11. The van der Waals surface area contributed by atoms with Gasteiger partial charge in [0.25, 0.3) is 0 Å². The Morgan fingerprint density at radius 2 is 0.776 bits per heavy atom. The first-order valence-electron chi connectivity index (χ1n) is 53.5. The van der Waals surface area contributed by atoms with E-state index in [-0.39, 0.29) is 167 Å². The van der Waals surface area contributed by atoms with Crippen LogP contribution in [0.2, 0.25) is 0 Å². The lowest BCUT2D eigenvalue weighted by molar-refractivity contribution is -0.307. The molecule has 143 heavy (non-hydrogen) atoms. The van der Waals surface area contributed by atoms with E-state index in [0.29, 0.717) is 118 Å². The highest BCUT2D eigenvalue weighted by atomic mass is 19.4. The molecule has 11 fully saturated rings. The molecule has 11 rings (SSSR count). The number of esters is 8. The molecule has 2 N–H and O–H groups in total. The minimum absolute atomic E-state index is 0. The molecule has 0 amide bonds. The zero-order valence-corrected chi connectivity index (χ0v) is 92.3. The zero-order valence-electron chi connectivity index (χ0n) is 92.3. The maximum absolute atomic E-state index is 12.8. The third-order valence-corrected chi connectivity index (χ3v) is 34.7. The monoisotopic (exact) mass is 2060 g/mol. The third kappa shape index (κ3) is 35.8. The molecule has 22 atom stereocenters. The second-order valence-electron chi connectivity index (χ2n) is 47.9. The van der Waals surface area contributed by atoms with Crippen LogP contribution in [-0.4, -0.2) is 188 Å². The number of rotatable bonds is 35. The summed E-state index contributed by atoms with van der Waals surface area (Å²) in [7, 11) is 1.73. The molecule has 2 saturated heterocycles. The summed E-state index contributed by atoms with van der Waals surface area (Å²) in [4.78, 5) is 96.2. The van der Waals surface area contributed by atoms with E-state index in [9.17, 15) is 74.9 Å². The molecule has 9 aliphatic carbocycles. The van der Waals surface area contributed by atoms with Gasteiger partial charge in [-0.1, -0.05) is 112 Å². The van der Waals surface area contributed by atoms with E-state index in [1.165, 1.54) is 38.5 Å². The van der Waals surface area contributed by atoms with Gasteiger partial charge >= 0.3 is 60.1 Å². The number of methoxy groups -OCH3 is 1. The number of halogens is 6. The van der Waals surface area contributed by atoms with Crippen molar-refractivity contribution in [3.05, 3.63) is 0 Å². The van der Waals surface area contributed by atoms with Gasteiger partial charge in [-0.3, -0.25) is 38.4 Å². The number of carbonyl (C=O) groups excluding carboxylic acids is 8. The second kappa shape index (κ2) is 55.9. The summed E-state index contributed by atoms with van der Waals surface area (Å²) in [5, 5.41) is 19.2. The van der Waals surface area contributed by atoms with Crippen LogP contribution in [0.15, 0.2) is 0 Å². The van der Waals surface area contributed by atoms with Crippen LogP contribution < -0.4 is 0 Å². The van der Waals surface area contributed by atoms with Crippen LogP contribution >= 0.6 is 0 Å². The fourth-order valence-electron chi connectivity index (χ4n) is 20.9. The van der Waals surface area contributed by atoms with Gasteiger partial charge < -0.3 is 76.5 Å². The number of alkyl halides is 6. The first kappa shape index (κ1) is 134. The summed E-state index contributed by atoms with van der Waals surface area (Å²) < 4.78 is 155. The van der Waals surface area contributed by atoms with Gasteiger partial charge in [-0.15, -0.1) is 0 Å². The van der Waals surface area contributed by atoms with E-state index >= 15 is 0 Å². The van der Waals surface area contributed by atoms with Crippen molar-refractivity contribution in [2.45, 2.75) is 526 Å². The third-order valence-electron chi connectivity index (χ3n) is 34.7. The van der Waals surface area contributed by atoms with Crippen LogP contribution in [0.4, 0.5) is 26.3 Å². The second-order valence-corrected chi connectivity index (χ2v) is 47.9. The molecule has 30 heteroatoms. The van der Waals surface area contributed by atoms with Crippen molar-refractivity contribution in [2.24, 2.45) is 115 Å². The molecule has 0 aromatic carbocycles. The Hall–Kier alpha value is -4.98. The lowest BCUT2D eigenvalue weighted by Gasteiger charge is -2.42. The molecule has 0 aromatic heterocycles. The number of aliphatic hydroxyl groups is 2. The van der Waals surface area contributed by atoms with Gasteiger partial charge in [0.15, 0.2) is 30.1 Å². The summed E-state index contributed by atoms with van der Waals surface area (Å²) in [5.74, 6) is 3.59. The molecule has 2 heterocycles. The number of cyclic esters (lactones) is 2. The molecule has 0 aromatic rings. The zero-order chi connectivity index (χ0) is 107. The van der Waals surface area contributed by atoms with Crippen LogP contribution in [-0.2, 0) is 105 Å². The minimum Gasteiger partial charge on any atom is -0.465 e. The number of ether oxygens (including phenoxy) is 14. The van der Waals surface area contributed by atoms with E-state index in [1.54, 1.807) is 41.7 Å². The average Bonchev–Trinajstić information content (AvgIpc) is 1.58. The van der Waals surface area contributed by atoms with E-state index in [4.69, 9.17) is 66.3 Å². The number of carbonyl (C=O) groups is 8. The van der Waals surface area contributed by atoms with Crippen LogP contribution in [0.25, 0.3) is 0 Å². The lowest BCUT2D eigenvalue weighted by Crippen LogP contribution is -2.60. The standard InChI is InChI=1S/C21H38O4.C20H38O6.C15H25F3O3.C15H22O4.C14H22O2.C13H24O2.C12H21F3O3.3CH4/c1-7-21(4,5)20(22)25-18-11-9-15-12-17(10-8-16(15)13-18)24-19(23-6)14(2)3;1-8-20(6,7)19(21)26-16-11-12-17(24-14(4)22-9-2)18(13-16)25-15(5)23-10-3;1-5-13(2,3)12(19)21-11-8-6-10(7-9-11)14(4,20)15(16,17)18;1-4-15(2,3)14(17)19-11-6-8-5-9(11)12-10(8)7-18-13(12)16;1-4-14(2,3)11-6-8-5-9(11)12-10(8)7-16-13(12)15;1-5-12(3,4)11(14)15-13(6-2)9-7-8-10-13;1-7-9(2,3)8(16)18-10(4,5)11(6,17)12(13,14)15;;;/h14-19H,7-13H2,1-6H3;14-18H,8-13H2,1-7H3;10-11,20H,5-9H2,1-4H3;8-12H,4-7H2,1-3H3;8-12H,4-7H2,1-3H3;5-10H2,1-4H3;17H,7H2,1-6H3;3*1H4. The highest BCUT2D eigenvalue weighted by Crippen LogP contribution is 2.63. The smallest absolute Gasteiger partial charge is 0.420 e. The van der Waals surface area contributed by atoms with Crippen molar-refractivity contribution in [1.29, 1.82) is 0 Å². The Bertz CT molecular complexity index is 3850. The predicted octanol–water partition coefficient (Wildman–Crippen LogP) is 26.5. The summed E-state index contributed by atoms with van der Waals surface area (Å²) in [6.07, 6.45) is 14.6. The van der Waals surface area contributed by atoms with E-state index in [1.807, 2.05) is 118 Å². The van der Waals surface area contributed by atoms with Crippen molar-refractivity contribution >= 4 is 47.8 Å². The van der Waals surface area contributed by atoms with Gasteiger partial charge in [0, 0.05) is 50.4 Å². The molecule has 24 nitrogen and oxygen atoms in total. The van der Waals surface area contributed by atoms with E-state index < -0.39 is 62.7 Å². The maximum atomic E-state index is 12.8. The number of hydrogen-bond donors (Lipinski definition) is 2. The molecule has 840 valence electrons. The van der Waals surface area contributed by atoms with Crippen molar-refractivity contribution < 1.29 is 141 Å². The molecule has 11 aliphatic rings. The Morgan fingerprint density at radius 1 is 0.399 bits per heavy atom. The molecule has 0 radical (unpaired) electrons. The van der Waals surface area contributed by atoms with Crippen molar-refractivity contribution in [3.63, 3.8) is 0 Å². The molecule has 4 bridgehead atoms. The van der Waals surface area contributed by atoms with Crippen LogP contribution in [0.3, 0.4) is 0 Å². The van der Waals surface area contributed by atoms with Crippen LogP contribution in [0.5, 0.6) is 0 Å². The number of hydrogen-bond acceptors (Lipinski definition) is 24. The highest BCUT2D eigenvalue weighted by Gasteiger charge is 2.65. The fourth-order valence-corrected chi connectivity index (χ4v) is 20.9. The van der Waals surface area contributed by atoms with Gasteiger partial charge in [0.1, 0.15) is 35.6 Å². The van der Waals surface area contributed by atoms with E-state index in [0.717, 1.165) is 135 Å². The summed E-state index contributed by atoms with van der Waals surface area (Å²) in [5.41, 5.74) is -10.6. The molecule has 9 saturated carbocycles. The van der Waals surface area contributed by atoms with E-state index in [2.05, 4.69) is 41.5 Å². The first-order valence-corrected chi connectivity index (χ1v) is 53.5. The highest BCUT2D eigenvalue weighted by molar-refractivity contribution is 5.80. The largest absolute Gasteiger partial charge is 0.465 e. The van der Waals surface area contributed by atoms with Crippen molar-refractivity contribution in [3.8, 4) is 0 Å². The average molecular weight is 2060 g/mol.